The number of anilines is 1. The van der Waals surface area contributed by atoms with Crippen LogP contribution < -0.4 is 5.32 Å². The lowest BCUT2D eigenvalue weighted by Gasteiger charge is -2.16. The van der Waals surface area contributed by atoms with Crippen LogP contribution in [0.3, 0.4) is 0 Å². The Labute approximate surface area is 116 Å². The molecule has 6 nitrogen and oxygen atoms in total. The molecule has 1 atom stereocenters. The Morgan fingerprint density at radius 3 is 2.90 bits per heavy atom. The van der Waals surface area contributed by atoms with Crippen molar-refractivity contribution in [3.05, 3.63) is 40.1 Å². The smallest absolute Gasteiger partial charge is 0.295 e. The molecule has 106 valence electrons. The van der Waals surface area contributed by atoms with E-state index in [0.717, 1.165) is 16.8 Å². The molecule has 2 aromatic rings. The summed E-state index contributed by atoms with van der Waals surface area (Å²) in [6, 6.07) is 6.96. The third-order valence-electron chi connectivity index (χ3n) is 2.96. The molecular weight excluding hydrogens is 258 g/mol. The quantitative estimate of drug-likeness (QED) is 0.670. The Morgan fingerprint density at radius 2 is 2.25 bits per heavy atom. The van der Waals surface area contributed by atoms with Crippen molar-refractivity contribution < 1.29 is 9.66 Å². The summed E-state index contributed by atoms with van der Waals surface area (Å²) in [4.78, 5) is 15.0. The zero-order valence-corrected chi connectivity index (χ0v) is 11.7. The summed E-state index contributed by atoms with van der Waals surface area (Å²) < 4.78 is 5.09. The van der Waals surface area contributed by atoms with Gasteiger partial charge in [0.05, 0.1) is 11.5 Å². The SMILES string of the molecule is COCC(C)Nc1cc(C)nc2c([N+](=O)[O-])cccc12. The van der Waals surface area contributed by atoms with Gasteiger partial charge in [0, 0.05) is 36.0 Å². The third-order valence-corrected chi connectivity index (χ3v) is 2.96. The molecule has 0 radical (unpaired) electrons. The summed E-state index contributed by atoms with van der Waals surface area (Å²) in [5.41, 5.74) is 2.00. The molecule has 0 amide bonds. The highest BCUT2D eigenvalue weighted by atomic mass is 16.6. The molecule has 20 heavy (non-hydrogen) atoms. The van der Waals surface area contributed by atoms with Crippen molar-refractivity contribution in [2.24, 2.45) is 0 Å². The largest absolute Gasteiger partial charge is 0.383 e. The molecule has 0 bridgehead atoms. The second-order valence-corrected chi connectivity index (χ2v) is 4.74. The van der Waals surface area contributed by atoms with E-state index in [1.54, 1.807) is 13.2 Å². The summed E-state index contributed by atoms with van der Waals surface area (Å²) in [7, 11) is 1.64. The minimum absolute atomic E-state index is 0.0219. The summed E-state index contributed by atoms with van der Waals surface area (Å²) in [5, 5.41) is 15.1. The Morgan fingerprint density at radius 1 is 1.50 bits per heavy atom. The number of aromatic nitrogens is 1. The zero-order chi connectivity index (χ0) is 14.7. The van der Waals surface area contributed by atoms with Gasteiger partial charge in [-0.1, -0.05) is 12.1 Å². The van der Waals surface area contributed by atoms with Gasteiger partial charge in [-0.2, -0.15) is 0 Å². The number of aryl methyl sites for hydroxylation is 1. The highest BCUT2D eigenvalue weighted by Gasteiger charge is 2.16. The molecule has 2 rings (SSSR count). The van der Waals surface area contributed by atoms with E-state index in [0.29, 0.717) is 12.1 Å². The summed E-state index contributed by atoms with van der Waals surface area (Å²) in [6.45, 7) is 4.36. The number of methoxy groups -OCH3 is 1. The molecule has 0 aliphatic rings. The van der Waals surface area contributed by atoms with E-state index in [-0.39, 0.29) is 11.7 Å². The summed E-state index contributed by atoms with van der Waals surface area (Å²) in [6.07, 6.45) is 0. The van der Waals surface area contributed by atoms with E-state index < -0.39 is 4.92 Å². The molecule has 0 aliphatic carbocycles. The van der Waals surface area contributed by atoms with Crippen LogP contribution >= 0.6 is 0 Å². The lowest BCUT2D eigenvalue weighted by Crippen LogP contribution is -2.21. The highest BCUT2D eigenvalue weighted by Crippen LogP contribution is 2.30. The van der Waals surface area contributed by atoms with Gasteiger partial charge in [0.2, 0.25) is 0 Å². The maximum atomic E-state index is 11.1. The predicted molar refractivity (Wildman–Crippen MR) is 78.1 cm³/mol. The van der Waals surface area contributed by atoms with E-state index in [9.17, 15) is 10.1 Å². The summed E-state index contributed by atoms with van der Waals surface area (Å²) >= 11 is 0. The molecule has 1 aromatic carbocycles. The van der Waals surface area contributed by atoms with Crippen molar-refractivity contribution in [3.8, 4) is 0 Å². The average molecular weight is 275 g/mol. The molecule has 6 heteroatoms. The van der Waals surface area contributed by atoms with Gasteiger partial charge in [0.1, 0.15) is 0 Å². The standard InChI is InChI=1S/C14H17N3O3/c1-9-7-12(15-10(2)8-20-3)11-5-4-6-13(17(18)19)14(11)16-9/h4-7,10H,8H2,1-3H3,(H,15,16). The van der Waals surface area contributed by atoms with Crippen LogP contribution in [0.4, 0.5) is 11.4 Å². The number of nitrogens with one attached hydrogen (secondary N) is 1. The van der Waals surface area contributed by atoms with Crippen LogP contribution in [0.1, 0.15) is 12.6 Å². The molecule has 0 saturated heterocycles. The number of non-ortho nitro benzene ring substituents is 1. The van der Waals surface area contributed by atoms with Crippen molar-refractivity contribution >= 4 is 22.3 Å². The van der Waals surface area contributed by atoms with Gasteiger partial charge in [-0.3, -0.25) is 10.1 Å². The van der Waals surface area contributed by atoms with Crippen LogP contribution in [0.25, 0.3) is 10.9 Å². The summed E-state index contributed by atoms with van der Waals surface area (Å²) in [5.74, 6) is 0. The Balaban J connectivity index is 2.55. The van der Waals surface area contributed by atoms with E-state index in [4.69, 9.17) is 4.74 Å². The fourth-order valence-corrected chi connectivity index (χ4v) is 2.19. The molecule has 0 fully saturated rings. The number of benzene rings is 1. The maximum absolute atomic E-state index is 11.1. The first kappa shape index (κ1) is 14.2. The lowest BCUT2D eigenvalue weighted by molar-refractivity contribution is -0.383. The minimum Gasteiger partial charge on any atom is -0.383 e. The number of ether oxygens (including phenoxy) is 1. The number of hydrogen-bond donors (Lipinski definition) is 1. The van der Waals surface area contributed by atoms with Gasteiger partial charge in [-0.05, 0) is 19.9 Å². The van der Waals surface area contributed by atoms with Gasteiger partial charge < -0.3 is 10.1 Å². The molecule has 0 aliphatic heterocycles. The van der Waals surface area contributed by atoms with E-state index in [2.05, 4.69) is 10.3 Å². The van der Waals surface area contributed by atoms with Gasteiger partial charge in [0.25, 0.3) is 5.69 Å². The Kier molecular flexibility index (Phi) is 4.14. The first-order valence-corrected chi connectivity index (χ1v) is 6.33. The van der Waals surface area contributed by atoms with Crippen molar-refractivity contribution in [2.75, 3.05) is 19.0 Å². The zero-order valence-electron chi connectivity index (χ0n) is 11.7. The van der Waals surface area contributed by atoms with Crippen molar-refractivity contribution in [2.45, 2.75) is 19.9 Å². The van der Waals surface area contributed by atoms with Crippen LogP contribution in [-0.2, 0) is 4.74 Å². The van der Waals surface area contributed by atoms with E-state index >= 15 is 0 Å². The molecular formula is C14H17N3O3. The number of rotatable bonds is 5. The van der Waals surface area contributed by atoms with Crippen LogP contribution in [-0.4, -0.2) is 29.7 Å². The fraction of sp³-hybridized carbons (Fsp3) is 0.357. The monoisotopic (exact) mass is 275 g/mol. The lowest BCUT2D eigenvalue weighted by atomic mass is 10.1. The Bertz CT molecular complexity index is 643. The van der Waals surface area contributed by atoms with Crippen LogP contribution in [0, 0.1) is 17.0 Å². The third kappa shape index (κ3) is 2.85. The normalized spacial score (nSPS) is 12.3. The molecule has 0 saturated carbocycles. The number of para-hydroxylation sites is 1. The topological polar surface area (TPSA) is 77.3 Å². The van der Waals surface area contributed by atoms with E-state index in [1.165, 1.54) is 6.07 Å². The first-order chi connectivity index (χ1) is 9.52. The van der Waals surface area contributed by atoms with Gasteiger partial charge >= 0.3 is 0 Å². The van der Waals surface area contributed by atoms with Crippen molar-refractivity contribution in [1.29, 1.82) is 0 Å². The van der Waals surface area contributed by atoms with Crippen LogP contribution in [0.5, 0.6) is 0 Å². The Hall–Kier alpha value is -2.21. The number of pyridine rings is 1. The van der Waals surface area contributed by atoms with E-state index in [1.807, 2.05) is 26.0 Å². The molecule has 1 heterocycles. The minimum atomic E-state index is -0.406. The molecule has 1 unspecified atom stereocenters. The average Bonchev–Trinajstić information content (AvgIpc) is 2.37. The molecule has 0 spiro atoms. The van der Waals surface area contributed by atoms with Gasteiger partial charge in [0.15, 0.2) is 5.52 Å². The van der Waals surface area contributed by atoms with Gasteiger partial charge in [-0.15, -0.1) is 0 Å². The second kappa shape index (κ2) is 5.83. The molecule has 1 N–H and O–H groups in total. The predicted octanol–water partition coefficient (Wildman–Crippen LogP) is 2.90. The van der Waals surface area contributed by atoms with Crippen LogP contribution in [0.15, 0.2) is 24.3 Å². The van der Waals surface area contributed by atoms with Crippen LogP contribution in [0.2, 0.25) is 0 Å². The number of nitrogens with zero attached hydrogens (tertiary/aromatic N) is 2. The van der Waals surface area contributed by atoms with Gasteiger partial charge in [-0.25, -0.2) is 4.98 Å². The number of fused-ring (bicyclic) bond motifs is 1. The number of nitro benzene ring substituents is 1. The van der Waals surface area contributed by atoms with Crippen molar-refractivity contribution in [3.63, 3.8) is 0 Å². The molecule has 1 aromatic heterocycles. The van der Waals surface area contributed by atoms with Crippen molar-refractivity contribution in [1.82, 2.24) is 4.98 Å². The maximum Gasteiger partial charge on any atom is 0.295 e. The number of hydrogen-bond acceptors (Lipinski definition) is 5. The first-order valence-electron chi connectivity index (χ1n) is 6.33. The number of nitro groups is 1. The second-order valence-electron chi connectivity index (χ2n) is 4.74. The highest BCUT2D eigenvalue weighted by molar-refractivity contribution is 5.96. The fourth-order valence-electron chi connectivity index (χ4n) is 2.19.